The fourth-order valence-electron chi connectivity index (χ4n) is 3.48. The molecule has 2 N–H and O–H groups in total. The third-order valence-corrected chi connectivity index (χ3v) is 5.02. The molecule has 1 saturated carbocycles. The maximum absolute atomic E-state index is 12.4. The molecule has 1 aromatic heterocycles. The molecule has 7 heteroatoms. The van der Waals surface area contributed by atoms with Crippen molar-refractivity contribution in [3.63, 3.8) is 0 Å². The summed E-state index contributed by atoms with van der Waals surface area (Å²) in [7, 11) is 5.56. The van der Waals surface area contributed by atoms with E-state index in [1.807, 2.05) is 49.3 Å². The van der Waals surface area contributed by atoms with E-state index < -0.39 is 0 Å². The van der Waals surface area contributed by atoms with Crippen molar-refractivity contribution in [2.24, 2.45) is 0 Å². The zero-order valence-electron chi connectivity index (χ0n) is 16.8. The summed E-state index contributed by atoms with van der Waals surface area (Å²) in [4.78, 5) is 23.2. The zero-order chi connectivity index (χ0) is 19.9. The highest BCUT2D eigenvalue weighted by molar-refractivity contribution is 5.79. The molecule has 28 heavy (non-hydrogen) atoms. The fourth-order valence-corrected chi connectivity index (χ4v) is 3.48. The summed E-state index contributed by atoms with van der Waals surface area (Å²) >= 11 is 0. The van der Waals surface area contributed by atoms with E-state index in [4.69, 9.17) is 4.74 Å². The zero-order valence-corrected chi connectivity index (χ0v) is 16.8. The SMILES string of the molecule is COc1cccc(CC(=O)N[C@H]2CC[C@@H](Nc3nccc(N(C)C)n3)CC2)c1. The number of benzene rings is 1. The van der Waals surface area contributed by atoms with Gasteiger partial charge in [0.25, 0.3) is 0 Å². The first-order valence-electron chi connectivity index (χ1n) is 9.72. The van der Waals surface area contributed by atoms with E-state index in [0.29, 0.717) is 18.4 Å². The van der Waals surface area contributed by atoms with Gasteiger partial charge in [0.15, 0.2) is 0 Å². The number of nitrogens with one attached hydrogen (secondary N) is 2. The van der Waals surface area contributed by atoms with Crippen molar-refractivity contribution in [1.82, 2.24) is 15.3 Å². The Labute approximate surface area is 166 Å². The van der Waals surface area contributed by atoms with E-state index >= 15 is 0 Å². The van der Waals surface area contributed by atoms with Crippen molar-refractivity contribution in [1.29, 1.82) is 0 Å². The number of carbonyl (C=O) groups is 1. The first-order valence-corrected chi connectivity index (χ1v) is 9.72. The molecule has 1 heterocycles. The highest BCUT2D eigenvalue weighted by Crippen LogP contribution is 2.22. The van der Waals surface area contributed by atoms with Crippen molar-refractivity contribution in [3.8, 4) is 5.75 Å². The number of hydrogen-bond acceptors (Lipinski definition) is 6. The second kappa shape index (κ2) is 9.39. The third kappa shape index (κ3) is 5.58. The molecule has 2 aromatic rings. The van der Waals surface area contributed by atoms with E-state index in [9.17, 15) is 4.79 Å². The largest absolute Gasteiger partial charge is 0.497 e. The van der Waals surface area contributed by atoms with Crippen molar-refractivity contribution in [2.45, 2.75) is 44.2 Å². The van der Waals surface area contributed by atoms with E-state index in [2.05, 4.69) is 20.6 Å². The molecule has 1 aromatic carbocycles. The van der Waals surface area contributed by atoms with Crippen LogP contribution < -0.4 is 20.3 Å². The van der Waals surface area contributed by atoms with Gasteiger partial charge < -0.3 is 20.3 Å². The summed E-state index contributed by atoms with van der Waals surface area (Å²) in [6.45, 7) is 0. The van der Waals surface area contributed by atoms with Crippen LogP contribution in [0.2, 0.25) is 0 Å². The topological polar surface area (TPSA) is 79.4 Å². The predicted molar refractivity (Wildman–Crippen MR) is 111 cm³/mol. The Morgan fingerprint density at radius 1 is 1.18 bits per heavy atom. The van der Waals surface area contributed by atoms with Crippen LogP contribution in [0.25, 0.3) is 0 Å². The van der Waals surface area contributed by atoms with Crippen molar-refractivity contribution in [2.75, 3.05) is 31.4 Å². The summed E-state index contributed by atoms with van der Waals surface area (Å²) in [6.07, 6.45) is 6.03. The summed E-state index contributed by atoms with van der Waals surface area (Å²) < 4.78 is 5.22. The number of methoxy groups -OCH3 is 1. The van der Waals surface area contributed by atoms with Crippen LogP contribution in [0.5, 0.6) is 5.75 Å². The number of carbonyl (C=O) groups excluding carboxylic acids is 1. The second-order valence-corrected chi connectivity index (χ2v) is 7.42. The molecule has 0 unspecified atom stereocenters. The van der Waals surface area contributed by atoms with Gasteiger partial charge in [-0.2, -0.15) is 4.98 Å². The smallest absolute Gasteiger partial charge is 0.224 e. The molecule has 0 bridgehead atoms. The highest BCUT2D eigenvalue weighted by Gasteiger charge is 2.23. The Morgan fingerprint density at radius 3 is 2.64 bits per heavy atom. The van der Waals surface area contributed by atoms with Crippen molar-refractivity contribution < 1.29 is 9.53 Å². The Hall–Kier alpha value is -2.83. The highest BCUT2D eigenvalue weighted by atomic mass is 16.5. The second-order valence-electron chi connectivity index (χ2n) is 7.42. The first kappa shape index (κ1) is 19.9. The molecule has 0 aliphatic heterocycles. The lowest BCUT2D eigenvalue weighted by molar-refractivity contribution is -0.121. The minimum atomic E-state index is 0.0617. The number of hydrogen-bond donors (Lipinski definition) is 2. The van der Waals surface area contributed by atoms with Gasteiger partial charge in [0, 0.05) is 32.4 Å². The number of aromatic nitrogens is 2. The lowest BCUT2D eigenvalue weighted by Gasteiger charge is -2.29. The molecular formula is C21H29N5O2. The molecule has 150 valence electrons. The van der Waals surface area contributed by atoms with E-state index in [1.54, 1.807) is 13.3 Å². The molecule has 1 fully saturated rings. The summed E-state index contributed by atoms with van der Waals surface area (Å²) in [5.41, 5.74) is 0.963. The van der Waals surface area contributed by atoms with Crippen LogP contribution in [-0.4, -0.2) is 49.2 Å². The van der Waals surface area contributed by atoms with Gasteiger partial charge in [-0.05, 0) is 49.4 Å². The van der Waals surface area contributed by atoms with Crippen LogP contribution in [0, 0.1) is 0 Å². The van der Waals surface area contributed by atoms with Crippen LogP contribution >= 0.6 is 0 Å². The van der Waals surface area contributed by atoms with Crippen LogP contribution in [0.1, 0.15) is 31.2 Å². The van der Waals surface area contributed by atoms with Gasteiger partial charge in [0.1, 0.15) is 11.6 Å². The molecule has 0 atom stereocenters. The number of rotatable bonds is 7. The minimum absolute atomic E-state index is 0.0617. The average Bonchev–Trinajstić information content (AvgIpc) is 2.70. The van der Waals surface area contributed by atoms with Gasteiger partial charge in [-0.25, -0.2) is 4.98 Å². The van der Waals surface area contributed by atoms with Gasteiger partial charge in [-0.3, -0.25) is 4.79 Å². The van der Waals surface area contributed by atoms with Gasteiger partial charge in [0.05, 0.1) is 13.5 Å². The van der Waals surface area contributed by atoms with Crippen LogP contribution in [0.3, 0.4) is 0 Å². The normalized spacial score (nSPS) is 19.0. The Balaban J connectivity index is 1.44. The molecular weight excluding hydrogens is 354 g/mol. The summed E-state index contributed by atoms with van der Waals surface area (Å²) in [5, 5.41) is 6.59. The number of ether oxygens (including phenoxy) is 1. The molecule has 3 rings (SSSR count). The van der Waals surface area contributed by atoms with Crippen LogP contribution in [-0.2, 0) is 11.2 Å². The quantitative estimate of drug-likeness (QED) is 0.765. The van der Waals surface area contributed by atoms with Crippen molar-refractivity contribution >= 4 is 17.7 Å². The first-order chi connectivity index (χ1) is 13.5. The average molecular weight is 383 g/mol. The molecule has 1 amide bonds. The van der Waals surface area contributed by atoms with Crippen LogP contribution in [0.4, 0.5) is 11.8 Å². The molecule has 1 aliphatic carbocycles. The van der Waals surface area contributed by atoms with Crippen LogP contribution in [0.15, 0.2) is 36.5 Å². The Morgan fingerprint density at radius 2 is 1.93 bits per heavy atom. The number of amides is 1. The predicted octanol–water partition coefficient (Wildman–Crippen LogP) is 2.63. The third-order valence-electron chi connectivity index (χ3n) is 5.02. The Kier molecular flexibility index (Phi) is 6.68. The van der Waals surface area contributed by atoms with Gasteiger partial charge >= 0.3 is 0 Å². The molecule has 0 saturated heterocycles. The lowest BCUT2D eigenvalue weighted by Crippen LogP contribution is -2.40. The monoisotopic (exact) mass is 383 g/mol. The fraction of sp³-hybridized carbons (Fsp3) is 0.476. The molecule has 1 aliphatic rings. The summed E-state index contributed by atoms with van der Waals surface area (Å²) in [5.74, 6) is 2.39. The molecule has 0 spiro atoms. The standard InChI is InChI=1S/C21H29N5O2/c1-26(2)19-11-12-22-21(25-19)24-17-9-7-16(8-10-17)23-20(27)14-15-5-4-6-18(13-15)28-3/h4-6,11-13,16-17H,7-10,14H2,1-3H3,(H,23,27)(H,22,24,25)/t16-,17+. The molecule has 7 nitrogen and oxygen atoms in total. The Bertz CT molecular complexity index is 788. The van der Waals surface area contributed by atoms with Gasteiger partial charge in [-0.1, -0.05) is 12.1 Å². The van der Waals surface area contributed by atoms with Crippen molar-refractivity contribution in [3.05, 3.63) is 42.1 Å². The number of nitrogens with zero attached hydrogens (tertiary/aromatic N) is 3. The minimum Gasteiger partial charge on any atom is -0.497 e. The maximum Gasteiger partial charge on any atom is 0.224 e. The van der Waals surface area contributed by atoms with E-state index in [1.165, 1.54) is 0 Å². The maximum atomic E-state index is 12.4. The lowest BCUT2D eigenvalue weighted by atomic mass is 9.91. The summed E-state index contributed by atoms with van der Waals surface area (Å²) in [6, 6.07) is 10.1. The van der Waals surface area contributed by atoms with E-state index in [-0.39, 0.29) is 11.9 Å². The molecule has 0 radical (unpaired) electrons. The van der Waals surface area contributed by atoms with Gasteiger partial charge in [0.2, 0.25) is 11.9 Å². The number of anilines is 2. The van der Waals surface area contributed by atoms with E-state index in [0.717, 1.165) is 42.8 Å². The van der Waals surface area contributed by atoms with Gasteiger partial charge in [-0.15, -0.1) is 0 Å².